The van der Waals surface area contributed by atoms with E-state index in [4.69, 9.17) is 18.7 Å². The van der Waals surface area contributed by atoms with Crippen LogP contribution in [0.1, 0.15) is 31.2 Å². The van der Waals surface area contributed by atoms with Crippen molar-refractivity contribution < 1.29 is 23.5 Å². The molecule has 192 valence electrons. The molecular formula is C27H34N4O5. The Balaban J connectivity index is 1.21. The molecule has 2 heterocycles. The average Bonchev–Trinajstić information content (AvgIpc) is 3.38. The first kappa shape index (κ1) is 25.5. The highest BCUT2D eigenvalue weighted by atomic mass is 16.5. The van der Waals surface area contributed by atoms with E-state index in [1.165, 1.54) is 5.56 Å². The summed E-state index contributed by atoms with van der Waals surface area (Å²) in [6.07, 6.45) is 2.42. The lowest BCUT2D eigenvalue weighted by Crippen LogP contribution is -2.40. The number of hydrogen-bond acceptors (Lipinski definition) is 8. The Morgan fingerprint density at radius 2 is 1.83 bits per heavy atom. The average molecular weight is 495 g/mol. The molecule has 9 heteroatoms. The third-order valence-electron chi connectivity index (χ3n) is 6.37. The van der Waals surface area contributed by atoms with Crippen molar-refractivity contribution in [3.63, 3.8) is 0 Å². The topological polar surface area (TPSA) is 99.0 Å². The number of likely N-dealkylation sites (tertiary alicyclic amines) is 1. The van der Waals surface area contributed by atoms with Gasteiger partial charge in [-0.25, -0.2) is 0 Å². The zero-order valence-corrected chi connectivity index (χ0v) is 21.2. The lowest BCUT2D eigenvalue weighted by Gasteiger charge is -2.30. The highest BCUT2D eigenvalue weighted by molar-refractivity contribution is 5.78. The number of hydrogen-bond donors (Lipinski definition) is 1. The predicted molar refractivity (Wildman–Crippen MR) is 135 cm³/mol. The monoisotopic (exact) mass is 494 g/mol. The molecule has 3 aromatic rings. The maximum atomic E-state index is 12.6. The van der Waals surface area contributed by atoms with Gasteiger partial charge in [0.15, 0.2) is 11.5 Å². The number of nitrogens with one attached hydrogen (secondary N) is 1. The summed E-state index contributed by atoms with van der Waals surface area (Å²) in [5, 5.41) is 7.21. The fraction of sp³-hybridized carbons (Fsp3) is 0.444. The summed E-state index contributed by atoms with van der Waals surface area (Å²) in [7, 11) is 3.19. The maximum absolute atomic E-state index is 12.6. The van der Waals surface area contributed by atoms with Crippen molar-refractivity contribution in [3.8, 4) is 28.6 Å². The molecule has 1 saturated heterocycles. The Bertz CT molecular complexity index is 1120. The Labute approximate surface area is 211 Å². The SMILES string of the molecule is CCOc1ccc(CCNC(=O)C2CCN(Cc3nc(-c4ccc(OC)c(OC)c4)no3)CC2)cc1. The minimum Gasteiger partial charge on any atom is -0.494 e. The molecule has 0 saturated carbocycles. The lowest BCUT2D eigenvalue weighted by atomic mass is 9.96. The molecule has 1 fully saturated rings. The van der Waals surface area contributed by atoms with Gasteiger partial charge in [0.05, 0.1) is 27.4 Å². The third kappa shape index (κ3) is 6.54. The van der Waals surface area contributed by atoms with Crippen LogP contribution in [0.2, 0.25) is 0 Å². The largest absolute Gasteiger partial charge is 0.494 e. The van der Waals surface area contributed by atoms with Crippen molar-refractivity contribution in [3.05, 3.63) is 53.9 Å². The summed E-state index contributed by atoms with van der Waals surface area (Å²) in [5.41, 5.74) is 1.98. The number of benzene rings is 2. The van der Waals surface area contributed by atoms with Crippen LogP contribution in [0.4, 0.5) is 0 Å². The molecule has 0 spiro atoms. The van der Waals surface area contributed by atoms with Gasteiger partial charge in [0.2, 0.25) is 17.6 Å². The number of piperidine rings is 1. The van der Waals surface area contributed by atoms with E-state index in [-0.39, 0.29) is 11.8 Å². The number of methoxy groups -OCH3 is 2. The van der Waals surface area contributed by atoms with Crippen molar-refractivity contribution in [2.75, 3.05) is 40.5 Å². The van der Waals surface area contributed by atoms with Crippen LogP contribution in [0.15, 0.2) is 47.0 Å². The van der Waals surface area contributed by atoms with Crippen molar-refractivity contribution in [2.45, 2.75) is 32.7 Å². The first-order chi connectivity index (χ1) is 17.6. The zero-order valence-electron chi connectivity index (χ0n) is 21.2. The van der Waals surface area contributed by atoms with Crippen molar-refractivity contribution in [2.24, 2.45) is 5.92 Å². The third-order valence-corrected chi connectivity index (χ3v) is 6.37. The standard InChI is InChI=1S/C27H34N4O5/c1-4-35-22-8-5-19(6-9-22)11-14-28-27(32)20-12-15-31(16-13-20)18-25-29-26(30-36-25)21-7-10-23(33-2)24(17-21)34-3/h5-10,17,20H,4,11-16,18H2,1-3H3,(H,28,32). The number of ether oxygens (including phenoxy) is 3. The van der Waals surface area contributed by atoms with Crippen LogP contribution in [-0.4, -0.2) is 61.4 Å². The van der Waals surface area contributed by atoms with Gasteiger partial charge >= 0.3 is 0 Å². The second-order valence-corrected chi connectivity index (χ2v) is 8.75. The van der Waals surface area contributed by atoms with Gasteiger partial charge < -0.3 is 24.1 Å². The van der Waals surface area contributed by atoms with Crippen LogP contribution in [0, 0.1) is 5.92 Å². The second kappa shape index (κ2) is 12.4. The van der Waals surface area contributed by atoms with E-state index < -0.39 is 0 Å². The molecular weight excluding hydrogens is 460 g/mol. The van der Waals surface area contributed by atoms with Crippen molar-refractivity contribution >= 4 is 5.91 Å². The Morgan fingerprint density at radius 1 is 1.08 bits per heavy atom. The Kier molecular flexibility index (Phi) is 8.78. The molecule has 36 heavy (non-hydrogen) atoms. The lowest BCUT2D eigenvalue weighted by molar-refractivity contribution is -0.126. The van der Waals surface area contributed by atoms with Crippen LogP contribution in [0.3, 0.4) is 0 Å². The predicted octanol–water partition coefficient (Wildman–Crippen LogP) is 3.72. The van der Waals surface area contributed by atoms with E-state index >= 15 is 0 Å². The summed E-state index contributed by atoms with van der Waals surface area (Å²) < 4.78 is 21.6. The fourth-order valence-corrected chi connectivity index (χ4v) is 4.35. The molecule has 1 amide bonds. The van der Waals surface area contributed by atoms with Crippen molar-refractivity contribution in [1.29, 1.82) is 0 Å². The van der Waals surface area contributed by atoms with Gasteiger partial charge in [-0.05, 0) is 75.2 Å². The molecule has 0 atom stereocenters. The molecule has 9 nitrogen and oxygen atoms in total. The summed E-state index contributed by atoms with van der Waals surface area (Å²) in [6.45, 7) is 5.44. The number of amides is 1. The highest BCUT2D eigenvalue weighted by Gasteiger charge is 2.26. The van der Waals surface area contributed by atoms with Gasteiger partial charge in [0, 0.05) is 18.0 Å². The maximum Gasteiger partial charge on any atom is 0.241 e. The van der Waals surface area contributed by atoms with E-state index in [0.717, 1.165) is 43.7 Å². The highest BCUT2D eigenvalue weighted by Crippen LogP contribution is 2.31. The number of nitrogens with zero attached hydrogens (tertiary/aromatic N) is 3. The summed E-state index contributed by atoms with van der Waals surface area (Å²) in [6, 6.07) is 13.5. The van der Waals surface area contributed by atoms with Crippen LogP contribution < -0.4 is 19.5 Å². The van der Waals surface area contributed by atoms with E-state index in [9.17, 15) is 4.79 Å². The molecule has 0 unspecified atom stereocenters. The van der Waals surface area contributed by atoms with Crippen LogP contribution in [-0.2, 0) is 17.8 Å². The van der Waals surface area contributed by atoms with Gasteiger partial charge in [0.1, 0.15) is 5.75 Å². The Hall–Kier alpha value is -3.59. The quantitative estimate of drug-likeness (QED) is 0.431. The number of carbonyl (C=O) groups excluding carboxylic acids is 1. The molecule has 1 aliphatic rings. The molecule has 0 aliphatic carbocycles. The van der Waals surface area contributed by atoms with Gasteiger partial charge in [-0.15, -0.1) is 0 Å². The van der Waals surface area contributed by atoms with Crippen LogP contribution in [0.25, 0.3) is 11.4 Å². The normalized spacial score (nSPS) is 14.4. The van der Waals surface area contributed by atoms with Gasteiger partial charge in [0.25, 0.3) is 0 Å². The van der Waals surface area contributed by atoms with Crippen LogP contribution >= 0.6 is 0 Å². The molecule has 1 aromatic heterocycles. The van der Waals surface area contributed by atoms with Gasteiger partial charge in [-0.1, -0.05) is 17.3 Å². The fourth-order valence-electron chi connectivity index (χ4n) is 4.35. The smallest absolute Gasteiger partial charge is 0.241 e. The van der Waals surface area contributed by atoms with Crippen LogP contribution in [0.5, 0.6) is 17.2 Å². The number of rotatable bonds is 11. The molecule has 2 aromatic carbocycles. The number of aromatic nitrogens is 2. The molecule has 0 bridgehead atoms. The minimum atomic E-state index is 0.0339. The Morgan fingerprint density at radius 3 is 2.53 bits per heavy atom. The molecule has 4 rings (SSSR count). The minimum absolute atomic E-state index is 0.0339. The second-order valence-electron chi connectivity index (χ2n) is 8.75. The van der Waals surface area contributed by atoms with E-state index in [0.29, 0.717) is 42.9 Å². The van der Waals surface area contributed by atoms with E-state index in [1.807, 2.05) is 49.4 Å². The summed E-state index contributed by atoms with van der Waals surface area (Å²) in [4.78, 5) is 19.4. The first-order valence-electron chi connectivity index (χ1n) is 12.4. The van der Waals surface area contributed by atoms with Gasteiger partial charge in [-0.2, -0.15) is 4.98 Å². The molecule has 0 radical (unpaired) electrons. The van der Waals surface area contributed by atoms with Crippen molar-refractivity contribution in [1.82, 2.24) is 20.4 Å². The number of carbonyl (C=O) groups is 1. The van der Waals surface area contributed by atoms with Gasteiger partial charge in [-0.3, -0.25) is 9.69 Å². The molecule has 1 N–H and O–H groups in total. The summed E-state index contributed by atoms with van der Waals surface area (Å²) in [5.74, 6) is 3.36. The summed E-state index contributed by atoms with van der Waals surface area (Å²) >= 11 is 0. The molecule has 1 aliphatic heterocycles. The van der Waals surface area contributed by atoms with E-state index in [2.05, 4.69) is 20.4 Å². The zero-order chi connectivity index (χ0) is 25.3. The van der Waals surface area contributed by atoms with E-state index in [1.54, 1.807) is 14.2 Å². The first-order valence-corrected chi connectivity index (χ1v) is 12.4.